The number of piperazine rings is 3. The molecule has 0 aromatic heterocycles. The zero-order chi connectivity index (χ0) is 11.0. The van der Waals surface area contributed by atoms with Gasteiger partial charge in [-0.25, -0.2) is 0 Å². The van der Waals surface area contributed by atoms with Gasteiger partial charge in [-0.15, -0.1) is 0 Å². The molecule has 3 saturated heterocycles. The topological polar surface area (TPSA) is 26.7 Å². The number of hydrogen-bond acceptors (Lipinski definition) is 3. The maximum absolute atomic E-state index is 9.25. The molecule has 4 rings (SSSR count). The maximum Gasteiger partial charge on any atom is 0.115 e. The Labute approximate surface area is 96.3 Å². The zero-order valence-corrected chi connectivity index (χ0v) is 9.47. The molecule has 0 saturated carbocycles. The SMILES string of the molecule is Oc1ccc(CC2CN3CCN2CC3)cc1. The van der Waals surface area contributed by atoms with E-state index >= 15 is 0 Å². The van der Waals surface area contributed by atoms with E-state index in [-0.39, 0.29) is 0 Å². The standard InChI is InChI=1S/C13H18N2O/c16-13-3-1-11(2-4-13)9-12-10-14-5-7-15(12)8-6-14/h1-4,12,16H,5-10H2. The summed E-state index contributed by atoms with van der Waals surface area (Å²) in [6.07, 6.45) is 1.11. The van der Waals surface area contributed by atoms with Crippen LogP contribution >= 0.6 is 0 Å². The second kappa shape index (κ2) is 4.07. The number of phenolic OH excluding ortho intramolecular Hbond substituents is 1. The molecule has 86 valence electrons. The van der Waals surface area contributed by atoms with Crippen LogP contribution < -0.4 is 0 Å². The summed E-state index contributed by atoms with van der Waals surface area (Å²) < 4.78 is 0. The molecule has 0 aliphatic carbocycles. The summed E-state index contributed by atoms with van der Waals surface area (Å²) in [5, 5.41) is 9.25. The predicted molar refractivity (Wildman–Crippen MR) is 63.6 cm³/mol. The zero-order valence-electron chi connectivity index (χ0n) is 9.47. The van der Waals surface area contributed by atoms with Gasteiger partial charge < -0.3 is 5.11 Å². The van der Waals surface area contributed by atoms with E-state index in [1.807, 2.05) is 12.1 Å². The van der Waals surface area contributed by atoms with Gasteiger partial charge in [-0.1, -0.05) is 12.1 Å². The van der Waals surface area contributed by atoms with E-state index in [9.17, 15) is 5.11 Å². The third-order valence-corrected chi connectivity index (χ3v) is 3.80. The summed E-state index contributed by atoms with van der Waals surface area (Å²) in [7, 11) is 0. The van der Waals surface area contributed by atoms with Crippen molar-refractivity contribution in [2.45, 2.75) is 12.5 Å². The fourth-order valence-electron chi connectivity index (χ4n) is 2.82. The smallest absolute Gasteiger partial charge is 0.115 e. The number of hydrogen-bond donors (Lipinski definition) is 1. The molecule has 1 atom stereocenters. The molecule has 3 aliphatic heterocycles. The molecule has 1 N–H and O–H groups in total. The average molecular weight is 218 g/mol. The van der Waals surface area contributed by atoms with Crippen LogP contribution in [0.2, 0.25) is 0 Å². The molecule has 1 aromatic carbocycles. The number of benzene rings is 1. The van der Waals surface area contributed by atoms with Gasteiger partial charge in [0.1, 0.15) is 5.75 Å². The first-order valence-corrected chi connectivity index (χ1v) is 6.05. The van der Waals surface area contributed by atoms with Gasteiger partial charge in [-0.3, -0.25) is 9.80 Å². The van der Waals surface area contributed by atoms with Crippen LogP contribution in [-0.2, 0) is 6.42 Å². The molecule has 0 spiro atoms. The van der Waals surface area contributed by atoms with E-state index in [0.717, 1.165) is 6.42 Å². The average Bonchev–Trinajstić information content (AvgIpc) is 2.34. The Bertz CT molecular complexity index is 355. The van der Waals surface area contributed by atoms with E-state index in [1.165, 1.54) is 38.3 Å². The molecule has 0 radical (unpaired) electrons. The summed E-state index contributed by atoms with van der Waals surface area (Å²) in [6, 6.07) is 8.31. The molecule has 3 aliphatic rings. The fraction of sp³-hybridized carbons (Fsp3) is 0.538. The van der Waals surface area contributed by atoms with Gasteiger partial charge in [0.15, 0.2) is 0 Å². The van der Waals surface area contributed by atoms with Crippen LogP contribution in [0.25, 0.3) is 0 Å². The number of phenols is 1. The van der Waals surface area contributed by atoms with Gasteiger partial charge in [0.05, 0.1) is 0 Å². The third kappa shape index (κ3) is 1.93. The van der Waals surface area contributed by atoms with Crippen molar-refractivity contribution in [3.63, 3.8) is 0 Å². The highest BCUT2D eigenvalue weighted by atomic mass is 16.3. The summed E-state index contributed by atoms with van der Waals surface area (Å²) >= 11 is 0. The molecule has 1 unspecified atom stereocenters. The van der Waals surface area contributed by atoms with Crippen LogP contribution in [0.5, 0.6) is 5.75 Å². The molecule has 3 nitrogen and oxygen atoms in total. The highest BCUT2D eigenvalue weighted by Crippen LogP contribution is 2.20. The number of rotatable bonds is 2. The van der Waals surface area contributed by atoms with Crippen molar-refractivity contribution in [1.82, 2.24) is 9.80 Å². The summed E-state index contributed by atoms with van der Waals surface area (Å²) in [5.41, 5.74) is 1.33. The normalized spacial score (nSPS) is 32.9. The Morgan fingerprint density at radius 2 is 1.75 bits per heavy atom. The predicted octanol–water partition coefficient (Wildman–Crippen LogP) is 0.935. The van der Waals surface area contributed by atoms with E-state index in [4.69, 9.17) is 0 Å². The van der Waals surface area contributed by atoms with Gasteiger partial charge in [-0.05, 0) is 24.1 Å². The maximum atomic E-state index is 9.25. The van der Waals surface area contributed by atoms with Crippen LogP contribution in [0.4, 0.5) is 0 Å². The second-order valence-corrected chi connectivity index (χ2v) is 4.86. The van der Waals surface area contributed by atoms with Crippen LogP contribution in [0.15, 0.2) is 24.3 Å². The first-order valence-electron chi connectivity index (χ1n) is 6.05. The molecule has 3 heterocycles. The van der Waals surface area contributed by atoms with E-state index < -0.39 is 0 Å². The highest BCUT2D eigenvalue weighted by Gasteiger charge is 2.31. The summed E-state index contributed by atoms with van der Waals surface area (Å²) in [4.78, 5) is 5.16. The Morgan fingerprint density at radius 1 is 1.06 bits per heavy atom. The van der Waals surface area contributed by atoms with Crippen molar-refractivity contribution in [2.24, 2.45) is 0 Å². The molecule has 2 bridgehead atoms. The van der Waals surface area contributed by atoms with Gasteiger partial charge in [-0.2, -0.15) is 0 Å². The molecular weight excluding hydrogens is 200 g/mol. The highest BCUT2D eigenvalue weighted by molar-refractivity contribution is 5.26. The first-order chi connectivity index (χ1) is 7.81. The lowest BCUT2D eigenvalue weighted by Gasteiger charge is -2.47. The van der Waals surface area contributed by atoms with Gasteiger partial charge >= 0.3 is 0 Å². The van der Waals surface area contributed by atoms with Crippen molar-refractivity contribution < 1.29 is 5.11 Å². The number of aromatic hydroxyl groups is 1. The molecular formula is C13H18N2O. The second-order valence-electron chi connectivity index (χ2n) is 4.86. The lowest BCUT2D eigenvalue weighted by atomic mass is 10.00. The minimum absolute atomic E-state index is 0.359. The molecule has 3 heteroatoms. The molecule has 0 amide bonds. The molecule has 16 heavy (non-hydrogen) atoms. The van der Waals surface area contributed by atoms with E-state index in [1.54, 1.807) is 12.1 Å². The minimum Gasteiger partial charge on any atom is -0.508 e. The Morgan fingerprint density at radius 3 is 2.31 bits per heavy atom. The van der Waals surface area contributed by atoms with Crippen molar-refractivity contribution in [3.05, 3.63) is 29.8 Å². The lowest BCUT2D eigenvalue weighted by Crippen LogP contribution is -2.61. The number of fused-ring (bicyclic) bond motifs is 3. The van der Waals surface area contributed by atoms with Crippen molar-refractivity contribution in [2.75, 3.05) is 32.7 Å². The molecule has 1 aromatic rings. The van der Waals surface area contributed by atoms with Crippen molar-refractivity contribution in [3.8, 4) is 5.75 Å². The van der Waals surface area contributed by atoms with Crippen LogP contribution in [0.3, 0.4) is 0 Å². The quantitative estimate of drug-likeness (QED) is 0.800. The van der Waals surface area contributed by atoms with Crippen molar-refractivity contribution >= 4 is 0 Å². The summed E-state index contributed by atoms with van der Waals surface area (Å²) in [6.45, 7) is 6.14. The van der Waals surface area contributed by atoms with E-state index in [2.05, 4.69) is 9.80 Å². The largest absolute Gasteiger partial charge is 0.508 e. The van der Waals surface area contributed by atoms with E-state index in [0.29, 0.717) is 11.8 Å². The van der Waals surface area contributed by atoms with Crippen molar-refractivity contribution in [1.29, 1.82) is 0 Å². The monoisotopic (exact) mass is 218 g/mol. The summed E-state index contributed by atoms with van der Waals surface area (Å²) in [5.74, 6) is 0.359. The minimum atomic E-state index is 0.359. The lowest BCUT2D eigenvalue weighted by molar-refractivity contribution is 0.0136. The Kier molecular flexibility index (Phi) is 2.58. The fourth-order valence-corrected chi connectivity index (χ4v) is 2.82. The van der Waals surface area contributed by atoms with Gasteiger partial charge in [0.25, 0.3) is 0 Å². The Hall–Kier alpha value is -1.06. The number of nitrogens with zero attached hydrogens (tertiary/aromatic N) is 2. The van der Waals surface area contributed by atoms with Gasteiger partial charge in [0.2, 0.25) is 0 Å². The first kappa shape index (κ1) is 10.1. The Balaban J connectivity index is 1.68. The third-order valence-electron chi connectivity index (χ3n) is 3.80. The molecule has 3 fully saturated rings. The van der Waals surface area contributed by atoms with Crippen LogP contribution in [0.1, 0.15) is 5.56 Å². The van der Waals surface area contributed by atoms with Gasteiger partial charge in [0, 0.05) is 38.8 Å². The van der Waals surface area contributed by atoms with Crippen LogP contribution in [-0.4, -0.2) is 53.7 Å². The van der Waals surface area contributed by atoms with Crippen LogP contribution in [0, 0.1) is 0 Å².